The van der Waals surface area contributed by atoms with Gasteiger partial charge in [0.25, 0.3) is 0 Å². The predicted molar refractivity (Wildman–Crippen MR) is 57.4 cm³/mol. The van der Waals surface area contributed by atoms with Crippen LogP contribution in [0.3, 0.4) is 0 Å². The standard InChI is InChI=1S/C12H16O3/c1-4-14-12(13)10(3)9(2)8-11-6-5-7-15-11/h5-7H,4,8H2,1-3H3/b10-9-. The molecule has 1 heterocycles. The molecule has 0 N–H and O–H groups in total. The molecule has 1 aromatic rings. The lowest BCUT2D eigenvalue weighted by Crippen LogP contribution is -2.07. The van der Waals surface area contributed by atoms with Gasteiger partial charge in [0.2, 0.25) is 0 Å². The van der Waals surface area contributed by atoms with Crippen molar-refractivity contribution in [1.82, 2.24) is 0 Å². The molecule has 0 saturated heterocycles. The Morgan fingerprint density at radius 2 is 2.20 bits per heavy atom. The van der Waals surface area contributed by atoms with E-state index < -0.39 is 0 Å². The molecule has 0 saturated carbocycles. The van der Waals surface area contributed by atoms with Gasteiger partial charge in [0.15, 0.2) is 0 Å². The third-order valence-corrected chi connectivity index (χ3v) is 2.24. The molecule has 0 bridgehead atoms. The van der Waals surface area contributed by atoms with Gasteiger partial charge in [-0.15, -0.1) is 0 Å². The van der Waals surface area contributed by atoms with Gasteiger partial charge in [0, 0.05) is 12.0 Å². The average molecular weight is 208 g/mol. The number of rotatable bonds is 4. The summed E-state index contributed by atoms with van der Waals surface area (Å²) in [6, 6.07) is 3.73. The van der Waals surface area contributed by atoms with Gasteiger partial charge in [0.05, 0.1) is 12.9 Å². The van der Waals surface area contributed by atoms with Crippen molar-refractivity contribution in [2.75, 3.05) is 6.61 Å². The summed E-state index contributed by atoms with van der Waals surface area (Å²) >= 11 is 0. The van der Waals surface area contributed by atoms with Crippen LogP contribution in [0.4, 0.5) is 0 Å². The fraction of sp³-hybridized carbons (Fsp3) is 0.417. The fourth-order valence-electron chi connectivity index (χ4n) is 1.22. The summed E-state index contributed by atoms with van der Waals surface area (Å²) in [5, 5.41) is 0. The summed E-state index contributed by atoms with van der Waals surface area (Å²) in [5.41, 5.74) is 1.64. The first-order valence-electron chi connectivity index (χ1n) is 5.01. The van der Waals surface area contributed by atoms with E-state index in [0.29, 0.717) is 18.6 Å². The lowest BCUT2D eigenvalue weighted by molar-refractivity contribution is -0.138. The van der Waals surface area contributed by atoms with Crippen LogP contribution < -0.4 is 0 Å². The maximum atomic E-state index is 11.4. The summed E-state index contributed by atoms with van der Waals surface area (Å²) in [5.74, 6) is 0.609. The van der Waals surface area contributed by atoms with Gasteiger partial charge in [-0.1, -0.05) is 5.57 Å². The Morgan fingerprint density at radius 3 is 2.73 bits per heavy atom. The Morgan fingerprint density at radius 1 is 1.47 bits per heavy atom. The number of carbonyl (C=O) groups is 1. The second-order valence-electron chi connectivity index (χ2n) is 3.38. The van der Waals surface area contributed by atoms with Crippen molar-refractivity contribution >= 4 is 5.97 Å². The Labute approximate surface area is 89.7 Å². The van der Waals surface area contributed by atoms with Gasteiger partial charge >= 0.3 is 5.97 Å². The Kier molecular flexibility index (Phi) is 4.16. The monoisotopic (exact) mass is 208 g/mol. The number of ether oxygens (including phenoxy) is 1. The van der Waals surface area contributed by atoms with Crippen LogP contribution in [-0.4, -0.2) is 12.6 Å². The summed E-state index contributed by atoms with van der Waals surface area (Å²) in [6.45, 7) is 5.89. The van der Waals surface area contributed by atoms with Gasteiger partial charge < -0.3 is 9.15 Å². The normalized spacial score (nSPS) is 12.2. The molecule has 0 unspecified atom stereocenters. The third-order valence-electron chi connectivity index (χ3n) is 2.24. The first kappa shape index (κ1) is 11.6. The highest BCUT2D eigenvalue weighted by molar-refractivity contribution is 5.88. The van der Waals surface area contributed by atoms with Crippen LogP contribution in [0.5, 0.6) is 0 Å². The number of allylic oxidation sites excluding steroid dienone is 1. The summed E-state index contributed by atoms with van der Waals surface area (Å²) < 4.78 is 10.1. The van der Waals surface area contributed by atoms with Gasteiger partial charge in [0.1, 0.15) is 5.76 Å². The highest BCUT2D eigenvalue weighted by Crippen LogP contribution is 2.13. The highest BCUT2D eigenvalue weighted by atomic mass is 16.5. The van der Waals surface area contributed by atoms with Crippen molar-refractivity contribution in [1.29, 1.82) is 0 Å². The molecule has 0 aliphatic carbocycles. The van der Waals surface area contributed by atoms with Crippen molar-refractivity contribution < 1.29 is 13.9 Å². The minimum absolute atomic E-state index is 0.249. The maximum absolute atomic E-state index is 11.4. The second-order valence-corrected chi connectivity index (χ2v) is 3.38. The number of furan rings is 1. The zero-order chi connectivity index (χ0) is 11.3. The molecule has 3 heteroatoms. The predicted octanol–water partition coefficient (Wildman–Crippen LogP) is 2.72. The van der Waals surface area contributed by atoms with Gasteiger partial charge in [-0.25, -0.2) is 4.79 Å². The lowest BCUT2D eigenvalue weighted by Gasteiger charge is -2.05. The first-order valence-corrected chi connectivity index (χ1v) is 5.01. The molecule has 3 nitrogen and oxygen atoms in total. The topological polar surface area (TPSA) is 39.4 Å². The number of hydrogen-bond acceptors (Lipinski definition) is 3. The lowest BCUT2D eigenvalue weighted by atomic mass is 10.1. The summed E-state index contributed by atoms with van der Waals surface area (Å²) in [7, 11) is 0. The van der Waals surface area contributed by atoms with E-state index in [-0.39, 0.29) is 5.97 Å². The van der Waals surface area contributed by atoms with Gasteiger partial charge in [-0.2, -0.15) is 0 Å². The van der Waals surface area contributed by atoms with Crippen molar-refractivity contribution in [3.63, 3.8) is 0 Å². The molecular weight excluding hydrogens is 192 g/mol. The molecule has 0 fully saturated rings. The smallest absolute Gasteiger partial charge is 0.333 e. The van der Waals surface area contributed by atoms with E-state index >= 15 is 0 Å². The van der Waals surface area contributed by atoms with Crippen LogP contribution in [0.1, 0.15) is 26.5 Å². The van der Waals surface area contributed by atoms with Crippen molar-refractivity contribution in [3.05, 3.63) is 35.3 Å². The van der Waals surface area contributed by atoms with Crippen LogP contribution in [-0.2, 0) is 16.0 Å². The fourth-order valence-corrected chi connectivity index (χ4v) is 1.22. The zero-order valence-electron chi connectivity index (χ0n) is 9.37. The molecule has 0 atom stereocenters. The molecule has 0 amide bonds. The van der Waals surface area contributed by atoms with E-state index in [0.717, 1.165) is 11.3 Å². The SMILES string of the molecule is CCOC(=O)/C(C)=C(/C)Cc1ccco1. The third kappa shape index (κ3) is 3.27. The van der Waals surface area contributed by atoms with E-state index in [1.165, 1.54) is 0 Å². The van der Waals surface area contributed by atoms with E-state index in [1.807, 2.05) is 19.1 Å². The molecule has 15 heavy (non-hydrogen) atoms. The van der Waals surface area contributed by atoms with Crippen LogP contribution in [0.2, 0.25) is 0 Å². The zero-order valence-corrected chi connectivity index (χ0v) is 9.37. The average Bonchev–Trinajstić information content (AvgIpc) is 2.69. The Hall–Kier alpha value is -1.51. The minimum atomic E-state index is -0.249. The Bertz CT molecular complexity index is 347. The molecule has 0 spiro atoms. The first-order chi connectivity index (χ1) is 7.15. The van der Waals surface area contributed by atoms with Crippen LogP contribution in [0, 0.1) is 0 Å². The molecule has 0 aliphatic heterocycles. The summed E-state index contributed by atoms with van der Waals surface area (Å²) in [6.07, 6.45) is 2.28. The molecule has 0 aromatic carbocycles. The summed E-state index contributed by atoms with van der Waals surface area (Å²) in [4.78, 5) is 11.4. The van der Waals surface area contributed by atoms with E-state index in [4.69, 9.17) is 9.15 Å². The van der Waals surface area contributed by atoms with Crippen LogP contribution in [0.25, 0.3) is 0 Å². The highest BCUT2D eigenvalue weighted by Gasteiger charge is 2.09. The van der Waals surface area contributed by atoms with Crippen molar-refractivity contribution in [3.8, 4) is 0 Å². The molecule has 1 rings (SSSR count). The largest absolute Gasteiger partial charge is 0.469 e. The quantitative estimate of drug-likeness (QED) is 0.564. The van der Waals surface area contributed by atoms with Gasteiger partial charge in [-0.3, -0.25) is 0 Å². The molecular formula is C12H16O3. The van der Waals surface area contributed by atoms with E-state index in [2.05, 4.69) is 0 Å². The van der Waals surface area contributed by atoms with Crippen LogP contribution in [0.15, 0.2) is 34.0 Å². The number of hydrogen-bond donors (Lipinski definition) is 0. The molecule has 0 aliphatic rings. The molecule has 1 aromatic heterocycles. The minimum Gasteiger partial charge on any atom is -0.469 e. The number of esters is 1. The van der Waals surface area contributed by atoms with Crippen molar-refractivity contribution in [2.24, 2.45) is 0 Å². The van der Waals surface area contributed by atoms with Crippen molar-refractivity contribution in [2.45, 2.75) is 27.2 Å². The van der Waals surface area contributed by atoms with E-state index in [1.54, 1.807) is 20.1 Å². The van der Waals surface area contributed by atoms with E-state index in [9.17, 15) is 4.79 Å². The molecule has 0 radical (unpaired) electrons. The molecule has 82 valence electrons. The maximum Gasteiger partial charge on any atom is 0.333 e. The van der Waals surface area contributed by atoms with Gasteiger partial charge in [-0.05, 0) is 32.9 Å². The Balaban J connectivity index is 2.68. The second kappa shape index (κ2) is 5.39. The number of carbonyl (C=O) groups excluding carboxylic acids is 1. The van der Waals surface area contributed by atoms with Crippen LogP contribution >= 0.6 is 0 Å².